The molecule has 32 heavy (non-hydrogen) atoms. The minimum atomic E-state index is -0.352. The molecule has 4 fully saturated rings. The highest BCUT2D eigenvalue weighted by molar-refractivity contribution is 5.35. The molecule has 0 aromatic heterocycles. The summed E-state index contributed by atoms with van der Waals surface area (Å²) in [6.07, 6.45) is 12.7. The van der Waals surface area contributed by atoms with Gasteiger partial charge in [0.1, 0.15) is 0 Å². The minimum absolute atomic E-state index is 0.0719. The molecule has 0 radical (unpaired) electrons. The van der Waals surface area contributed by atoms with Crippen molar-refractivity contribution < 1.29 is 10.2 Å². The Morgan fingerprint density at radius 2 is 1.44 bits per heavy atom. The third-order valence-corrected chi connectivity index (χ3v) is 13.0. The van der Waals surface area contributed by atoms with E-state index in [0.717, 1.165) is 12.8 Å². The second-order valence-corrected chi connectivity index (χ2v) is 15.4. The molecule has 2 unspecified atom stereocenters. The second-order valence-electron chi connectivity index (χ2n) is 15.4. The quantitative estimate of drug-likeness (QED) is 0.391. The van der Waals surface area contributed by atoms with Gasteiger partial charge in [0.05, 0.1) is 12.2 Å². The number of aliphatic hydroxyl groups is 2. The normalized spacial score (nSPS) is 56.2. The van der Waals surface area contributed by atoms with Gasteiger partial charge >= 0.3 is 0 Å². The van der Waals surface area contributed by atoms with Crippen molar-refractivity contribution in [2.45, 2.75) is 125 Å². The summed E-state index contributed by atoms with van der Waals surface area (Å²) in [6.45, 7) is 19.7. The van der Waals surface area contributed by atoms with Crippen LogP contribution in [0.2, 0.25) is 0 Å². The molecule has 0 amide bonds. The summed E-state index contributed by atoms with van der Waals surface area (Å²) in [5, 5.41) is 22.8. The molecule has 5 aliphatic carbocycles. The van der Waals surface area contributed by atoms with Gasteiger partial charge < -0.3 is 10.2 Å². The van der Waals surface area contributed by atoms with Crippen LogP contribution in [0.4, 0.5) is 0 Å². The van der Waals surface area contributed by atoms with Gasteiger partial charge in [-0.05, 0) is 102 Å². The van der Waals surface area contributed by atoms with Crippen LogP contribution in [0.5, 0.6) is 0 Å². The smallest absolute Gasteiger partial charge is 0.0762 e. The van der Waals surface area contributed by atoms with E-state index in [1.807, 2.05) is 0 Å². The highest BCUT2D eigenvalue weighted by Gasteiger charge is 2.69. The van der Waals surface area contributed by atoms with Crippen molar-refractivity contribution in [2.24, 2.45) is 50.2 Å². The fourth-order valence-electron chi connectivity index (χ4n) is 10.6. The minimum Gasteiger partial charge on any atom is -0.393 e. The van der Waals surface area contributed by atoms with E-state index >= 15 is 0 Å². The van der Waals surface area contributed by atoms with Gasteiger partial charge in [0.2, 0.25) is 0 Å². The zero-order valence-corrected chi connectivity index (χ0v) is 22.2. The SMILES string of the molecule is CC1(C)CC[C@]2(C)CC[C@]3(C)C(=CC(O)[C@H]4[C@@]5(C)CCC(O)C(C)(C)[C@H]5CC[C@]43C)[C@H]2C1. The Labute approximate surface area is 197 Å². The van der Waals surface area contributed by atoms with Gasteiger partial charge in [0.15, 0.2) is 0 Å². The topological polar surface area (TPSA) is 40.5 Å². The number of hydrogen-bond acceptors (Lipinski definition) is 2. The standard InChI is InChI=1S/C30H50O2/c1-25(2)13-14-27(5)15-16-29(7)19(20(27)18-25)17-21(31)24-28(6)11-10-23(32)26(3,4)22(28)9-12-30(24,29)8/h17,20-24,31-32H,9-16,18H2,1-8H3/t20-,21?,22-,23?,24+,27-,28+,29-,30-/m1/s1. The maximum atomic E-state index is 11.9. The molecular formula is C30H50O2. The Bertz CT molecular complexity index is 825. The average Bonchev–Trinajstić information content (AvgIpc) is 2.68. The third kappa shape index (κ3) is 2.78. The number of fused-ring (bicyclic) bond motifs is 7. The Morgan fingerprint density at radius 1 is 0.781 bits per heavy atom. The van der Waals surface area contributed by atoms with Crippen molar-refractivity contribution in [3.05, 3.63) is 11.6 Å². The largest absolute Gasteiger partial charge is 0.393 e. The number of allylic oxidation sites excluding steroid dienone is 1. The first-order valence-corrected chi connectivity index (χ1v) is 13.7. The van der Waals surface area contributed by atoms with Crippen molar-refractivity contribution in [1.82, 2.24) is 0 Å². The van der Waals surface area contributed by atoms with Crippen molar-refractivity contribution in [2.75, 3.05) is 0 Å². The lowest BCUT2D eigenvalue weighted by molar-refractivity contribution is -0.224. The number of aliphatic hydroxyl groups excluding tert-OH is 2. The van der Waals surface area contributed by atoms with E-state index in [9.17, 15) is 10.2 Å². The van der Waals surface area contributed by atoms with Gasteiger partial charge in [-0.1, -0.05) is 67.0 Å². The summed E-state index contributed by atoms with van der Waals surface area (Å²) in [5.74, 6) is 1.38. The van der Waals surface area contributed by atoms with Crippen LogP contribution in [0.1, 0.15) is 113 Å². The Balaban J connectivity index is 1.62. The molecule has 0 bridgehead atoms. The molecule has 0 aliphatic heterocycles. The van der Waals surface area contributed by atoms with Crippen LogP contribution >= 0.6 is 0 Å². The predicted octanol–water partition coefficient (Wildman–Crippen LogP) is 7.14. The van der Waals surface area contributed by atoms with Crippen LogP contribution in [0, 0.1) is 50.2 Å². The number of hydrogen-bond donors (Lipinski definition) is 2. The summed E-state index contributed by atoms with van der Waals surface area (Å²) in [5.41, 5.74) is 2.76. The van der Waals surface area contributed by atoms with E-state index in [-0.39, 0.29) is 39.8 Å². The molecule has 0 heterocycles. The van der Waals surface area contributed by atoms with Crippen LogP contribution in [0.25, 0.3) is 0 Å². The van der Waals surface area contributed by atoms with Crippen LogP contribution in [-0.2, 0) is 0 Å². The molecule has 0 aromatic carbocycles. The summed E-state index contributed by atoms with van der Waals surface area (Å²) in [4.78, 5) is 0. The molecule has 2 N–H and O–H groups in total. The average molecular weight is 443 g/mol. The lowest BCUT2D eigenvalue weighted by Gasteiger charge is -2.72. The van der Waals surface area contributed by atoms with Crippen molar-refractivity contribution >= 4 is 0 Å². The van der Waals surface area contributed by atoms with Crippen molar-refractivity contribution in [3.8, 4) is 0 Å². The van der Waals surface area contributed by atoms with Gasteiger partial charge in [-0.25, -0.2) is 0 Å². The fraction of sp³-hybridized carbons (Fsp3) is 0.933. The highest BCUT2D eigenvalue weighted by Crippen LogP contribution is 2.75. The molecule has 182 valence electrons. The molecule has 0 saturated heterocycles. The Kier molecular flexibility index (Phi) is 4.87. The van der Waals surface area contributed by atoms with E-state index in [0.29, 0.717) is 22.7 Å². The molecule has 2 heteroatoms. The van der Waals surface area contributed by atoms with Gasteiger partial charge in [-0.3, -0.25) is 0 Å². The fourth-order valence-corrected chi connectivity index (χ4v) is 10.6. The molecule has 4 saturated carbocycles. The first-order valence-electron chi connectivity index (χ1n) is 13.7. The van der Waals surface area contributed by atoms with Gasteiger partial charge in [0, 0.05) is 5.92 Å². The summed E-state index contributed by atoms with van der Waals surface area (Å²) >= 11 is 0. The lowest BCUT2D eigenvalue weighted by atomic mass is 9.33. The van der Waals surface area contributed by atoms with E-state index in [4.69, 9.17) is 0 Å². The van der Waals surface area contributed by atoms with Gasteiger partial charge in [0.25, 0.3) is 0 Å². The van der Waals surface area contributed by atoms with Crippen molar-refractivity contribution in [1.29, 1.82) is 0 Å². The molecule has 0 spiro atoms. The molecule has 5 aliphatic rings. The molecule has 2 nitrogen and oxygen atoms in total. The van der Waals surface area contributed by atoms with Gasteiger partial charge in [-0.15, -0.1) is 0 Å². The van der Waals surface area contributed by atoms with Crippen LogP contribution in [-0.4, -0.2) is 22.4 Å². The summed E-state index contributed by atoms with van der Waals surface area (Å²) < 4.78 is 0. The summed E-state index contributed by atoms with van der Waals surface area (Å²) in [7, 11) is 0. The van der Waals surface area contributed by atoms with E-state index < -0.39 is 0 Å². The predicted molar refractivity (Wildman–Crippen MR) is 132 cm³/mol. The van der Waals surface area contributed by atoms with Crippen LogP contribution < -0.4 is 0 Å². The Hall–Kier alpha value is -0.340. The van der Waals surface area contributed by atoms with E-state index in [1.54, 1.807) is 5.57 Å². The summed E-state index contributed by atoms with van der Waals surface area (Å²) in [6, 6.07) is 0. The molecule has 9 atom stereocenters. The van der Waals surface area contributed by atoms with E-state index in [1.165, 1.54) is 44.9 Å². The number of rotatable bonds is 0. The monoisotopic (exact) mass is 442 g/mol. The highest BCUT2D eigenvalue weighted by atomic mass is 16.3. The van der Waals surface area contributed by atoms with Crippen LogP contribution in [0.3, 0.4) is 0 Å². The maximum Gasteiger partial charge on any atom is 0.0762 e. The van der Waals surface area contributed by atoms with E-state index in [2.05, 4.69) is 61.5 Å². The first-order chi connectivity index (χ1) is 14.6. The third-order valence-electron chi connectivity index (χ3n) is 13.0. The first kappa shape index (κ1) is 23.4. The zero-order chi connectivity index (χ0) is 23.5. The van der Waals surface area contributed by atoms with Crippen molar-refractivity contribution in [3.63, 3.8) is 0 Å². The molecule has 0 aromatic rings. The van der Waals surface area contributed by atoms with Gasteiger partial charge in [-0.2, -0.15) is 0 Å². The van der Waals surface area contributed by atoms with Crippen LogP contribution in [0.15, 0.2) is 11.6 Å². The maximum absolute atomic E-state index is 11.9. The zero-order valence-electron chi connectivity index (χ0n) is 22.2. The molecule has 5 rings (SSSR count). The lowest BCUT2D eigenvalue weighted by Crippen LogP contribution is -2.67. The second kappa shape index (κ2) is 6.66. The Morgan fingerprint density at radius 3 is 2.12 bits per heavy atom. The molecular weight excluding hydrogens is 392 g/mol.